The van der Waals surface area contributed by atoms with Crippen LogP contribution in [0.25, 0.3) is 0 Å². The molecule has 0 radical (unpaired) electrons. The van der Waals surface area contributed by atoms with Crippen LogP contribution in [0, 0.1) is 5.41 Å². The van der Waals surface area contributed by atoms with Gasteiger partial charge in [-0.1, -0.05) is 0 Å². The average molecular weight is 141 g/mol. The minimum absolute atomic E-state index is 0.253. The Bertz CT molecular complexity index is 140. The lowest BCUT2D eigenvalue weighted by Crippen LogP contribution is -2.39. The highest BCUT2D eigenvalue weighted by atomic mass is 16.5. The first-order valence-electron chi connectivity index (χ1n) is 3.22. The Balaban J connectivity index is 2.38. The fourth-order valence-electron chi connectivity index (χ4n) is 0.875. The second kappa shape index (κ2) is 3.31. The van der Waals surface area contributed by atoms with Crippen molar-refractivity contribution < 1.29 is 4.74 Å². The van der Waals surface area contributed by atoms with Gasteiger partial charge in [-0.3, -0.25) is 5.41 Å². The molecule has 0 saturated carbocycles. The van der Waals surface area contributed by atoms with Gasteiger partial charge in [0, 0.05) is 13.1 Å². The molecule has 0 amide bonds. The molecule has 0 aromatic heterocycles. The van der Waals surface area contributed by atoms with Crippen LogP contribution < -0.4 is 0 Å². The molecule has 0 aromatic rings. The summed E-state index contributed by atoms with van der Waals surface area (Å²) < 4.78 is 5.09. The zero-order valence-corrected chi connectivity index (χ0v) is 5.84. The number of nitrogens with zero attached hydrogens (tertiary/aromatic N) is 2. The zero-order valence-electron chi connectivity index (χ0n) is 5.84. The van der Waals surface area contributed by atoms with Crippen molar-refractivity contribution in [3.8, 4) is 0 Å². The number of nitrogens with one attached hydrogen (secondary N) is 1. The SMILES string of the molecule is C=NC(=N)N1CCOCC1. The predicted octanol–water partition coefficient (Wildman–Crippen LogP) is -0.0460. The van der Waals surface area contributed by atoms with E-state index in [-0.39, 0.29) is 5.96 Å². The van der Waals surface area contributed by atoms with Crippen molar-refractivity contribution >= 4 is 12.7 Å². The molecule has 1 fully saturated rings. The molecule has 0 unspecified atom stereocenters. The van der Waals surface area contributed by atoms with Gasteiger partial charge in [-0.05, 0) is 6.72 Å². The third-order valence-corrected chi connectivity index (χ3v) is 1.46. The molecule has 4 heteroatoms. The van der Waals surface area contributed by atoms with Gasteiger partial charge in [0.15, 0.2) is 0 Å². The van der Waals surface area contributed by atoms with Gasteiger partial charge in [0.2, 0.25) is 5.96 Å². The monoisotopic (exact) mass is 141 g/mol. The van der Waals surface area contributed by atoms with Gasteiger partial charge in [-0.25, -0.2) is 4.99 Å². The summed E-state index contributed by atoms with van der Waals surface area (Å²) in [6.07, 6.45) is 0. The summed E-state index contributed by atoms with van der Waals surface area (Å²) in [4.78, 5) is 5.36. The van der Waals surface area contributed by atoms with E-state index in [0.717, 1.165) is 13.1 Å². The molecule has 0 atom stereocenters. The highest BCUT2D eigenvalue weighted by molar-refractivity contribution is 5.81. The van der Waals surface area contributed by atoms with Crippen LogP contribution in [0.15, 0.2) is 4.99 Å². The van der Waals surface area contributed by atoms with E-state index in [2.05, 4.69) is 11.7 Å². The van der Waals surface area contributed by atoms with Crippen molar-refractivity contribution in [2.75, 3.05) is 26.3 Å². The van der Waals surface area contributed by atoms with Gasteiger partial charge in [-0.15, -0.1) is 0 Å². The van der Waals surface area contributed by atoms with Crippen LogP contribution in [-0.2, 0) is 4.74 Å². The molecule has 1 rings (SSSR count). The molecule has 0 aromatic carbocycles. The van der Waals surface area contributed by atoms with Crippen molar-refractivity contribution in [1.29, 1.82) is 5.41 Å². The fourth-order valence-corrected chi connectivity index (χ4v) is 0.875. The number of hydrogen-bond acceptors (Lipinski definition) is 2. The van der Waals surface area contributed by atoms with Crippen LogP contribution >= 0.6 is 0 Å². The quantitative estimate of drug-likeness (QED) is 0.380. The van der Waals surface area contributed by atoms with Crippen LogP contribution in [0.5, 0.6) is 0 Å². The third-order valence-electron chi connectivity index (χ3n) is 1.46. The smallest absolute Gasteiger partial charge is 0.217 e. The van der Waals surface area contributed by atoms with Crippen LogP contribution in [0.3, 0.4) is 0 Å². The fraction of sp³-hybridized carbons (Fsp3) is 0.667. The lowest BCUT2D eigenvalue weighted by Gasteiger charge is -2.26. The molecule has 10 heavy (non-hydrogen) atoms. The maximum Gasteiger partial charge on any atom is 0.217 e. The van der Waals surface area contributed by atoms with Crippen molar-refractivity contribution in [1.82, 2.24) is 4.90 Å². The first-order valence-corrected chi connectivity index (χ1v) is 3.22. The van der Waals surface area contributed by atoms with E-state index in [1.807, 2.05) is 4.90 Å². The molecule has 1 aliphatic rings. The van der Waals surface area contributed by atoms with Crippen LogP contribution in [0.1, 0.15) is 0 Å². The molecule has 4 nitrogen and oxygen atoms in total. The molecule has 0 bridgehead atoms. The number of rotatable bonds is 0. The number of hydrogen-bond donors (Lipinski definition) is 1. The normalized spacial score (nSPS) is 18.6. The van der Waals surface area contributed by atoms with Crippen LogP contribution in [-0.4, -0.2) is 43.9 Å². The summed E-state index contributed by atoms with van der Waals surface area (Å²) in [5.74, 6) is 0.253. The Kier molecular flexibility index (Phi) is 2.39. The number of aliphatic imine (C=N–C) groups is 1. The van der Waals surface area contributed by atoms with Crippen molar-refractivity contribution in [3.05, 3.63) is 0 Å². The van der Waals surface area contributed by atoms with Gasteiger partial charge in [0.05, 0.1) is 13.2 Å². The molecule has 56 valence electrons. The van der Waals surface area contributed by atoms with E-state index < -0.39 is 0 Å². The van der Waals surface area contributed by atoms with E-state index in [4.69, 9.17) is 10.1 Å². The topological polar surface area (TPSA) is 48.7 Å². The minimum Gasteiger partial charge on any atom is -0.378 e. The molecule has 1 heterocycles. The summed E-state index contributed by atoms with van der Waals surface area (Å²) >= 11 is 0. The Morgan fingerprint density at radius 2 is 2.10 bits per heavy atom. The van der Waals surface area contributed by atoms with Gasteiger partial charge >= 0.3 is 0 Å². The Morgan fingerprint density at radius 1 is 1.50 bits per heavy atom. The third kappa shape index (κ3) is 1.54. The van der Waals surface area contributed by atoms with E-state index in [1.54, 1.807) is 0 Å². The lowest BCUT2D eigenvalue weighted by molar-refractivity contribution is 0.0673. The van der Waals surface area contributed by atoms with E-state index in [9.17, 15) is 0 Å². The molecule has 0 spiro atoms. The number of guanidine groups is 1. The van der Waals surface area contributed by atoms with Gasteiger partial charge in [-0.2, -0.15) is 0 Å². The Hall–Kier alpha value is -0.900. The summed E-state index contributed by atoms with van der Waals surface area (Å²) in [6, 6.07) is 0. The molecular weight excluding hydrogens is 130 g/mol. The van der Waals surface area contributed by atoms with E-state index in [1.165, 1.54) is 0 Å². The number of morpholine rings is 1. The summed E-state index contributed by atoms with van der Waals surface area (Å²) in [5.41, 5.74) is 0. The average Bonchev–Trinajstić information content (AvgIpc) is 2.05. The van der Waals surface area contributed by atoms with Gasteiger partial charge < -0.3 is 9.64 Å². The first kappa shape index (κ1) is 7.21. The van der Waals surface area contributed by atoms with Crippen molar-refractivity contribution in [2.45, 2.75) is 0 Å². The standard InChI is InChI=1S/C6H11N3O/c1-8-6(7)9-2-4-10-5-3-9/h7H,1-5H2. The van der Waals surface area contributed by atoms with Gasteiger partial charge in [0.25, 0.3) is 0 Å². The van der Waals surface area contributed by atoms with Crippen LogP contribution in [0.4, 0.5) is 0 Å². The largest absolute Gasteiger partial charge is 0.378 e. The van der Waals surface area contributed by atoms with Crippen LogP contribution in [0.2, 0.25) is 0 Å². The first-order chi connectivity index (χ1) is 4.84. The highest BCUT2D eigenvalue weighted by Crippen LogP contribution is 1.96. The summed E-state index contributed by atoms with van der Waals surface area (Å²) in [5, 5.41) is 7.27. The van der Waals surface area contributed by atoms with Crippen molar-refractivity contribution in [3.63, 3.8) is 0 Å². The minimum atomic E-state index is 0.253. The molecule has 1 aliphatic heterocycles. The van der Waals surface area contributed by atoms with Crippen molar-refractivity contribution in [2.24, 2.45) is 4.99 Å². The summed E-state index contributed by atoms with van der Waals surface area (Å²) in [6.45, 7) is 6.19. The zero-order chi connectivity index (χ0) is 7.40. The molecule has 1 N–H and O–H groups in total. The predicted molar refractivity (Wildman–Crippen MR) is 39.7 cm³/mol. The maximum atomic E-state index is 7.27. The van der Waals surface area contributed by atoms with E-state index >= 15 is 0 Å². The maximum absolute atomic E-state index is 7.27. The molecular formula is C6H11N3O. The second-order valence-electron chi connectivity index (χ2n) is 2.08. The lowest BCUT2D eigenvalue weighted by atomic mass is 10.4. The Labute approximate surface area is 60.0 Å². The Morgan fingerprint density at radius 3 is 2.60 bits per heavy atom. The van der Waals surface area contributed by atoms with Gasteiger partial charge in [0.1, 0.15) is 0 Å². The molecule has 1 saturated heterocycles. The van der Waals surface area contributed by atoms with E-state index in [0.29, 0.717) is 13.2 Å². The number of ether oxygens (including phenoxy) is 1. The second-order valence-corrected chi connectivity index (χ2v) is 2.08. The summed E-state index contributed by atoms with van der Waals surface area (Å²) in [7, 11) is 0. The highest BCUT2D eigenvalue weighted by Gasteiger charge is 2.11. The molecule has 0 aliphatic carbocycles.